The standard InChI is InChI=1S/C24H22F4N8/c1-35-23(30-15-3-4-16(17(25)6-15)18-7-19(26)33-32-18)31-22(34-35)13-2-5-20(29-10-13)36-11-24(12-36)8-14(9-24)21(27)28/h2-7,10,14,21H,8-9,11-12H2,1H3,(H,32,33)(H,30,31,34). The molecule has 2 fully saturated rings. The minimum absolute atomic E-state index is 0.0244. The van der Waals surface area contributed by atoms with Crippen molar-refractivity contribution in [1.29, 1.82) is 0 Å². The van der Waals surface area contributed by atoms with Crippen molar-refractivity contribution in [1.82, 2.24) is 29.9 Å². The van der Waals surface area contributed by atoms with E-state index in [9.17, 15) is 17.6 Å². The highest BCUT2D eigenvalue weighted by Gasteiger charge is 2.54. The van der Waals surface area contributed by atoms with Crippen LogP contribution >= 0.6 is 0 Å². The highest BCUT2D eigenvalue weighted by molar-refractivity contribution is 5.66. The molecule has 1 spiro atoms. The van der Waals surface area contributed by atoms with E-state index in [0.717, 1.165) is 25.0 Å². The van der Waals surface area contributed by atoms with E-state index in [2.05, 4.69) is 35.5 Å². The number of alkyl halides is 2. The molecule has 2 aliphatic rings. The van der Waals surface area contributed by atoms with E-state index < -0.39 is 24.1 Å². The number of aromatic nitrogens is 6. The van der Waals surface area contributed by atoms with Crippen LogP contribution in [0.5, 0.6) is 0 Å². The van der Waals surface area contributed by atoms with Gasteiger partial charge in [0, 0.05) is 60.5 Å². The van der Waals surface area contributed by atoms with Crippen LogP contribution in [-0.2, 0) is 7.05 Å². The normalized spacial score (nSPS) is 16.9. The second-order valence-corrected chi connectivity index (χ2v) is 9.57. The molecular formula is C24H22F4N8. The van der Waals surface area contributed by atoms with Gasteiger partial charge in [0.25, 0.3) is 0 Å². The van der Waals surface area contributed by atoms with Gasteiger partial charge in [-0.25, -0.2) is 22.8 Å². The van der Waals surface area contributed by atoms with Crippen LogP contribution in [0.1, 0.15) is 12.8 Å². The molecule has 6 rings (SSSR count). The van der Waals surface area contributed by atoms with E-state index >= 15 is 0 Å². The SMILES string of the molecule is Cn1nc(-c2ccc(N3CC4(CC(C(F)F)C4)C3)nc2)nc1Nc1ccc(-c2cc(F)[nH]n2)c(F)c1. The molecule has 4 heterocycles. The van der Waals surface area contributed by atoms with Crippen molar-refractivity contribution >= 4 is 17.5 Å². The molecule has 0 bridgehead atoms. The Labute approximate surface area is 203 Å². The predicted octanol–water partition coefficient (Wildman–Crippen LogP) is 4.77. The second-order valence-electron chi connectivity index (χ2n) is 9.57. The summed E-state index contributed by atoms with van der Waals surface area (Å²) in [7, 11) is 1.71. The average molecular weight is 498 g/mol. The molecule has 1 aromatic carbocycles. The number of aromatic amines is 1. The molecule has 12 heteroatoms. The molecule has 0 atom stereocenters. The molecule has 2 N–H and O–H groups in total. The maximum atomic E-state index is 14.6. The number of hydrogen-bond acceptors (Lipinski definition) is 6. The summed E-state index contributed by atoms with van der Waals surface area (Å²) in [6.07, 6.45) is 0.625. The summed E-state index contributed by atoms with van der Waals surface area (Å²) in [6.45, 7) is 1.51. The zero-order valence-corrected chi connectivity index (χ0v) is 19.2. The van der Waals surface area contributed by atoms with Gasteiger partial charge in [-0.2, -0.15) is 14.5 Å². The van der Waals surface area contributed by atoms with E-state index in [0.29, 0.717) is 35.9 Å². The first-order valence-corrected chi connectivity index (χ1v) is 11.5. The number of nitrogens with zero attached hydrogens (tertiary/aromatic N) is 6. The maximum absolute atomic E-state index is 14.6. The van der Waals surface area contributed by atoms with Gasteiger partial charge in [-0.1, -0.05) is 0 Å². The second kappa shape index (κ2) is 8.32. The Hall–Kier alpha value is -3.96. The zero-order chi connectivity index (χ0) is 25.0. The van der Waals surface area contributed by atoms with Crippen LogP contribution in [0.25, 0.3) is 22.6 Å². The van der Waals surface area contributed by atoms with Crippen LogP contribution in [0.2, 0.25) is 0 Å². The molecule has 3 aromatic heterocycles. The van der Waals surface area contributed by atoms with Crippen LogP contribution in [0.4, 0.5) is 35.0 Å². The lowest BCUT2D eigenvalue weighted by Crippen LogP contribution is -2.63. The van der Waals surface area contributed by atoms with E-state index in [4.69, 9.17) is 0 Å². The van der Waals surface area contributed by atoms with E-state index in [-0.39, 0.29) is 16.7 Å². The lowest BCUT2D eigenvalue weighted by Gasteiger charge is -2.59. The summed E-state index contributed by atoms with van der Waals surface area (Å²) in [5, 5.41) is 13.3. The third-order valence-electron chi connectivity index (χ3n) is 6.94. The number of hydrogen-bond donors (Lipinski definition) is 2. The quantitative estimate of drug-likeness (QED) is 0.373. The maximum Gasteiger partial charge on any atom is 0.241 e. The molecule has 1 saturated carbocycles. The van der Waals surface area contributed by atoms with E-state index in [1.54, 1.807) is 19.3 Å². The molecule has 1 aliphatic carbocycles. The number of pyridine rings is 1. The van der Waals surface area contributed by atoms with Crippen molar-refractivity contribution in [3.63, 3.8) is 0 Å². The Morgan fingerprint density at radius 1 is 1.11 bits per heavy atom. The first-order valence-electron chi connectivity index (χ1n) is 11.5. The van der Waals surface area contributed by atoms with Crippen molar-refractivity contribution in [3.8, 4) is 22.6 Å². The Balaban J connectivity index is 1.12. The highest BCUT2D eigenvalue weighted by atomic mass is 19.3. The monoisotopic (exact) mass is 498 g/mol. The number of halogens is 4. The minimum atomic E-state index is -2.22. The average Bonchev–Trinajstić information content (AvgIpc) is 3.38. The molecule has 1 aliphatic heterocycles. The first kappa shape index (κ1) is 22.5. The summed E-state index contributed by atoms with van der Waals surface area (Å²) in [6, 6.07) is 9.28. The number of H-pyrrole nitrogens is 1. The van der Waals surface area contributed by atoms with Crippen LogP contribution in [0, 0.1) is 23.1 Å². The molecule has 0 radical (unpaired) electrons. The number of benzene rings is 1. The van der Waals surface area contributed by atoms with Gasteiger partial charge in [0.1, 0.15) is 11.6 Å². The predicted molar refractivity (Wildman–Crippen MR) is 125 cm³/mol. The molecule has 1 saturated heterocycles. The van der Waals surface area contributed by atoms with Gasteiger partial charge in [-0.15, -0.1) is 5.10 Å². The summed E-state index contributed by atoms with van der Waals surface area (Å²) in [5.74, 6) is -0.0246. The Morgan fingerprint density at radius 2 is 1.92 bits per heavy atom. The van der Waals surface area contributed by atoms with Gasteiger partial charge < -0.3 is 10.2 Å². The fraction of sp³-hybridized carbons (Fsp3) is 0.333. The Morgan fingerprint density at radius 3 is 2.56 bits per heavy atom. The first-order chi connectivity index (χ1) is 17.3. The Bertz CT molecular complexity index is 1400. The smallest absolute Gasteiger partial charge is 0.241 e. The van der Waals surface area contributed by atoms with Crippen LogP contribution < -0.4 is 10.2 Å². The number of aryl methyl sites for hydroxylation is 1. The van der Waals surface area contributed by atoms with E-state index in [1.165, 1.54) is 16.8 Å². The third-order valence-corrected chi connectivity index (χ3v) is 6.94. The van der Waals surface area contributed by atoms with E-state index in [1.807, 2.05) is 12.1 Å². The molecular weight excluding hydrogens is 476 g/mol. The molecule has 186 valence electrons. The van der Waals surface area contributed by atoms with Crippen LogP contribution in [0.15, 0.2) is 42.6 Å². The summed E-state index contributed by atoms with van der Waals surface area (Å²) < 4.78 is 54.8. The largest absolute Gasteiger partial charge is 0.355 e. The van der Waals surface area contributed by atoms with Crippen molar-refractivity contribution in [2.45, 2.75) is 19.3 Å². The van der Waals surface area contributed by atoms with Gasteiger partial charge >= 0.3 is 0 Å². The van der Waals surface area contributed by atoms with Crippen LogP contribution in [-0.4, -0.2) is 49.5 Å². The van der Waals surface area contributed by atoms with Gasteiger partial charge in [-0.3, -0.25) is 5.10 Å². The summed E-state index contributed by atoms with van der Waals surface area (Å²) in [4.78, 5) is 11.1. The highest BCUT2D eigenvalue weighted by Crippen LogP contribution is 2.54. The topological polar surface area (TPSA) is 87.5 Å². The minimum Gasteiger partial charge on any atom is -0.355 e. The van der Waals surface area contributed by atoms with Gasteiger partial charge in [0.15, 0.2) is 5.82 Å². The fourth-order valence-corrected chi connectivity index (χ4v) is 5.10. The van der Waals surface area contributed by atoms with Crippen LogP contribution in [0.3, 0.4) is 0 Å². The van der Waals surface area contributed by atoms with Crippen molar-refractivity contribution in [3.05, 3.63) is 54.4 Å². The van der Waals surface area contributed by atoms with Gasteiger partial charge in [-0.05, 0) is 43.2 Å². The number of anilines is 3. The van der Waals surface area contributed by atoms with Crippen molar-refractivity contribution in [2.75, 3.05) is 23.3 Å². The molecule has 8 nitrogen and oxygen atoms in total. The third kappa shape index (κ3) is 3.95. The zero-order valence-electron chi connectivity index (χ0n) is 19.2. The van der Waals surface area contributed by atoms with Gasteiger partial charge in [0.05, 0.1) is 5.69 Å². The Kier molecular flexibility index (Phi) is 5.20. The molecule has 36 heavy (non-hydrogen) atoms. The number of rotatable bonds is 6. The molecule has 0 unspecified atom stereocenters. The molecule has 4 aromatic rings. The summed E-state index contributed by atoms with van der Waals surface area (Å²) in [5.41, 5.74) is 1.52. The van der Waals surface area contributed by atoms with Gasteiger partial charge in [0.2, 0.25) is 18.3 Å². The van der Waals surface area contributed by atoms with Crippen molar-refractivity contribution in [2.24, 2.45) is 18.4 Å². The fourth-order valence-electron chi connectivity index (χ4n) is 5.10. The lowest BCUT2D eigenvalue weighted by molar-refractivity contribution is -0.0658. The summed E-state index contributed by atoms with van der Waals surface area (Å²) >= 11 is 0. The lowest BCUT2D eigenvalue weighted by atomic mass is 9.58. The van der Waals surface area contributed by atoms with Crippen molar-refractivity contribution < 1.29 is 17.6 Å². The number of nitrogens with one attached hydrogen (secondary N) is 2. The molecule has 0 amide bonds.